The van der Waals surface area contributed by atoms with Crippen LogP contribution in [-0.2, 0) is 4.79 Å². The van der Waals surface area contributed by atoms with E-state index in [4.69, 9.17) is 0 Å². The molecule has 0 aromatic rings. The van der Waals surface area contributed by atoms with Crippen LogP contribution in [-0.4, -0.2) is 47.7 Å². The zero-order chi connectivity index (χ0) is 12.8. The van der Waals surface area contributed by atoms with Gasteiger partial charge in [-0.3, -0.25) is 9.69 Å². The molecule has 1 saturated carbocycles. The second-order valence-electron chi connectivity index (χ2n) is 5.67. The van der Waals surface area contributed by atoms with Gasteiger partial charge in [0.2, 0.25) is 5.91 Å². The Bertz CT molecular complexity index is 265. The fourth-order valence-electron chi connectivity index (χ4n) is 3.19. The van der Waals surface area contributed by atoms with Crippen LogP contribution in [0.3, 0.4) is 0 Å². The molecule has 0 bridgehead atoms. The Hall–Kier alpha value is -0.610. The molecular weight excluding hydrogens is 228 g/mol. The molecule has 2 rings (SSSR count). The summed E-state index contributed by atoms with van der Waals surface area (Å²) in [5.41, 5.74) is 0. The van der Waals surface area contributed by atoms with E-state index >= 15 is 0 Å². The number of rotatable bonds is 5. The van der Waals surface area contributed by atoms with E-state index in [-0.39, 0.29) is 18.6 Å². The molecular formula is C14H26N2O2. The predicted molar refractivity (Wildman–Crippen MR) is 71.3 cm³/mol. The summed E-state index contributed by atoms with van der Waals surface area (Å²) >= 11 is 0. The monoisotopic (exact) mass is 254 g/mol. The van der Waals surface area contributed by atoms with Gasteiger partial charge in [0.05, 0.1) is 6.61 Å². The summed E-state index contributed by atoms with van der Waals surface area (Å²) in [6, 6.07) is 0.700. The number of aliphatic hydroxyl groups excluding tert-OH is 1. The minimum Gasteiger partial charge on any atom is -0.395 e. The molecule has 4 heteroatoms. The molecule has 0 aromatic heterocycles. The SMILES string of the molecule is O=C(CCN1CCC[C@@H]1CO)NC1CCCCC1. The third-order valence-electron chi connectivity index (χ3n) is 4.31. The molecule has 2 N–H and O–H groups in total. The van der Waals surface area contributed by atoms with Gasteiger partial charge in [-0.15, -0.1) is 0 Å². The van der Waals surface area contributed by atoms with Crippen LogP contribution in [0.15, 0.2) is 0 Å². The Morgan fingerprint density at radius 2 is 1.94 bits per heavy atom. The number of nitrogens with one attached hydrogen (secondary N) is 1. The van der Waals surface area contributed by atoms with E-state index in [1.54, 1.807) is 0 Å². The molecule has 1 aliphatic carbocycles. The normalized spacial score (nSPS) is 26.4. The molecule has 0 aromatic carbocycles. The van der Waals surface area contributed by atoms with Crippen LogP contribution in [0.5, 0.6) is 0 Å². The van der Waals surface area contributed by atoms with Gasteiger partial charge >= 0.3 is 0 Å². The van der Waals surface area contributed by atoms with Crippen LogP contribution in [0.1, 0.15) is 51.4 Å². The summed E-state index contributed by atoms with van der Waals surface area (Å²) in [6.07, 6.45) is 8.91. The molecule has 1 amide bonds. The Labute approximate surface area is 110 Å². The predicted octanol–water partition coefficient (Wildman–Crippen LogP) is 1.28. The number of likely N-dealkylation sites (tertiary alicyclic amines) is 1. The summed E-state index contributed by atoms with van der Waals surface area (Å²) in [5.74, 6) is 0.186. The molecule has 2 aliphatic rings. The minimum absolute atomic E-state index is 0.186. The van der Waals surface area contributed by atoms with Gasteiger partial charge in [-0.1, -0.05) is 19.3 Å². The molecule has 1 aliphatic heterocycles. The Balaban J connectivity index is 1.64. The van der Waals surface area contributed by atoms with E-state index < -0.39 is 0 Å². The highest BCUT2D eigenvalue weighted by Gasteiger charge is 2.24. The maximum Gasteiger partial charge on any atom is 0.221 e. The highest BCUT2D eigenvalue weighted by Crippen LogP contribution is 2.18. The number of hydrogen-bond acceptors (Lipinski definition) is 3. The fraction of sp³-hybridized carbons (Fsp3) is 0.929. The van der Waals surface area contributed by atoms with E-state index in [2.05, 4.69) is 10.2 Å². The molecule has 104 valence electrons. The van der Waals surface area contributed by atoms with Gasteiger partial charge in [-0.05, 0) is 32.2 Å². The van der Waals surface area contributed by atoms with Crippen molar-refractivity contribution in [2.45, 2.75) is 63.5 Å². The lowest BCUT2D eigenvalue weighted by atomic mass is 9.95. The third-order valence-corrected chi connectivity index (χ3v) is 4.31. The zero-order valence-electron chi connectivity index (χ0n) is 11.2. The third kappa shape index (κ3) is 3.95. The van der Waals surface area contributed by atoms with Crippen molar-refractivity contribution in [3.05, 3.63) is 0 Å². The second kappa shape index (κ2) is 7.10. The number of nitrogens with zero attached hydrogens (tertiary/aromatic N) is 1. The van der Waals surface area contributed by atoms with Gasteiger partial charge < -0.3 is 10.4 Å². The summed E-state index contributed by atoms with van der Waals surface area (Å²) in [4.78, 5) is 14.1. The highest BCUT2D eigenvalue weighted by molar-refractivity contribution is 5.76. The van der Waals surface area contributed by atoms with Crippen molar-refractivity contribution < 1.29 is 9.90 Å². The standard InChI is InChI=1S/C14H26N2O2/c17-11-13-7-4-9-16(13)10-8-14(18)15-12-5-2-1-3-6-12/h12-13,17H,1-11H2,(H,15,18)/t13-/m1/s1. The summed E-state index contributed by atoms with van der Waals surface area (Å²) < 4.78 is 0. The van der Waals surface area contributed by atoms with Gasteiger partial charge in [-0.25, -0.2) is 0 Å². The molecule has 1 atom stereocenters. The average molecular weight is 254 g/mol. The largest absolute Gasteiger partial charge is 0.395 e. The molecule has 18 heavy (non-hydrogen) atoms. The van der Waals surface area contributed by atoms with Gasteiger partial charge in [0.1, 0.15) is 0 Å². The Morgan fingerprint density at radius 3 is 2.67 bits per heavy atom. The Morgan fingerprint density at radius 1 is 1.17 bits per heavy atom. The van der Waals surface area contributed by atoms with Gasteiger partial charge in [0.25, 0.3) is 0 Å². The van der Waals surface area contributed by atoms with E-state index in [0.717, 1.165) is 38.8 Å². The smallest absolute Gasteiger partial charge is 0.221 e. The van der Waals surface area contributed by atoms with Crippen molar-refractivity contribution in [3.63, 3.8) is 0 Å². The van der Waals surface area contributed by atoms with Crippen molar-refractivity contribution in [1.82, 2.24) is 10.2 Å². The first-order valence-electron chi connectivity index (χ1n) is 7.44. The first-order valence-corrected chi connectivity index (χ1v) is 7.44. The van der Waals surface area contributed by atoms with Gasteiger partial charge in [0, 0.05) is 25.0 Å². The average Bonchev–Trinajstić information content (AvgIpc) is 2.85. The quantitative estimate of drug-likeness (QED) is 0.777. The second-order valence-corrected chi connectivity index (χ2v) is 5.67. The molecule has 0 radical (unpaired) electrons. The van der Waals surface area contributed by atoms with E-state index in [9.17, 15) is 9.90 Å². The molecule has 1 heterocycles. The number of carbonyl (C=O) groups is 1. The maximum absolute atomic E-state index is 11.9. The Kier molecular flexibility index (Phi) is 5.45. The zero-order valence-corrected chi connectivity index (χ0v) is 11.2. The van der Waals surface area contributed by atoms with Crippen LogP contribution in [0.25, 0.3) is 0 Å². The van der Waals surface area contributed by atoms with E-state index in [0.29, 0.717) is 12.5 Å². The number of carbonyl (C=O) groups excluding carboxylic acids is 1. The van der Waals surface area contributed by atoms with Crippen molar-refractivity contribution in [3.8, 4) is 0 Å². The lowest BCUT2D eigenvalue weighted by Crippen LogP contribution is -2.39. The number of hydrogen-bond donors (Lipinski definition) is 2. The van der Waals surface area contributed by atoms with Crippen LogP contribution in [0, 0.1) is 0 Å². The molecule has 0 spiro atoms. The van der Waals surface area contributed by atoms with E-state index in [1.165, 1.54) is 19.3 Å². The topological polar surface area (TPSA) is 52.6 Å². The van der Waals surface area contributed by atoms with Crippen molar-refractivity contribution in [2.75, 3.05) is 19.7 Å². The molecule has 1 saturated heterocycles. The number of aliphatic hydroxyl groups is 1. The molecule has 0 unspecified atom stereocenters. The van der Waals surface area contributed by atoms with Gasteiger partial charge in [0.15, 0.2) is 0 Å². The van der Waals surface area contributed by atoms with Crippen molar-refractivity contribution in [2.24, 2.45) is 0 Å². The molecule has 2 fully saturated rings. The summed E-state index contributed by atoms with van der Waals surface area (Å²) in [6.45, 7) is 2.05. The first kappa shape index (κ1) is 13.8. The number of amides is 1. The van der Waals surface area contributed by atoms with Crippen LogP contribution >= 0.6 is 0 Å². The van der Waals surface area contributed by atoms with Gasteiger partial charge in [-0.2, -0.15) is 0 Å². The highest BCUT2D eigenvalue weighted by atomic mass is 16.3. The van der Waals surface area contributed by atoms with Crippen molar-refractivity contribution in [1.29, 1.82) is 0 Å². The van der Waals surface area contributed by atoms with Crippen LogP contribution < -0.4 is 5.32 Å². The van der Waals surface area contributed by atoms with Crippen molar-refractivity contribution >= 4 is 5.91 Å². The summed E-state index contributed by atoms with van der Waals surface area (Å²) in [7, 11) is 0. The molecule has 4 nitrogen and oxygen atoms in total. The summed E-state index contributed by atoms with van der Waals surface area (Å²) in [5, 5.41) is 12.4. The van der Waals surface area contributed by atoms with Crippen LogP contribution in [0.2, 0.25) is 0 Å². The van der Waals surface area contributed by atoms with Crippen LogP contribution in [0.4, 0.5) is 0 Å². The maximum atomic E-state index is 11.9. The lowest BCUT2D eigenvalue weighted by Gasteiger charge is -2.25. The fourth-order valence-corrected chi connectivity index (χ4v) is 3.19. The first-order chi connectivity index (χ1) is 8.79. The minimum atomic E-state index is 0.186. The lowest BCUT2D eigenvalue weighted by molar-refractivity contribution is -0.122. The van der Waals surface area contributed by atoms with E-state index in [1.807, 2.05) is 0 Å².